The third-order valence-electron chi connectivity index (χ3n) is 3.73. The Bertz CT molecular complexity index is 960. The third kappa shape index (κ3) is 6.67. The van der Waals surface area contributed by atoms with Gasteiger partial charge in [-0.25, -0.2) is 8.42 Å². The second-order valence-corrected chi connectivity index (χ2v) is 8.32. The molecule has 0 saturated carbocycles. The van der Waals surface area contributed by atoms with E-state index < -0.39 is 9.84 Å². The number of likely N-dealkylation sites (N-methyl/N-ethyl adjacent to an activating group) is 1. The highest BCUT2D eigenvalue weighted by Gasteiger charge is 2.13. The number of hydrogen-bond donors (Lipinski definition) is 2. The summed E-state index contributed by atoms with van der Waals surface area (Å²) in [7, 11) is -0.181. The topological polar surface area (TPSA) is 105 Å². The predicted octanol–water partition coefficient (Wildman–Crippen LogP) is 1.61. The van der Waals surface area contributed by atoms with Crippen molar-refractivity contribution in [1.82, 2.24) is 4.90 Å². The van der Waals surface area contributed by atoms with Crippen LogP contribution >= 0.6 is 0 Å². The van der Waals surface area contributed by atoms with Crippen LogP contribution in [0.4, 0.5) is 11.4 Å². The molecule has 2 rings (SSSR count). The van der Waals surface area contributed by atoms with Gasteiger partial charge >= 0.3 is 0 Å². The van der Waals surface area contributed by atoms with Gasteiger partial charge in [0.05, 0.1) is 25.1 Å². The van der Waals surface area contributed by atoms with Gasteiger partial charge in [-0.3, -0.25) is 14.5 Å². The maximum absolute atomic E-state index is 12.2. The van der Waals surface area contributed by atoms with Crippen LogP contribution in [0.1, 0.15) is 0 Å². The van der Waals surface area contributed by atoms with E-state index in [0.29, 0.717) is 17.1 Å². The average Bonchev–Trinajstić information content (AvgIpc) is 2.60. The van der Waals surface area contributed by atoms with Gasteiger partial charge in [-0.15, -0.1) is 0 Å². The monoisotopic (exact) mass is 405 g/mol. The quantitative estimate of drug-likeness (QED) is 0.691. The summed E-state index contributed by atoms with van der Waals surface area (Å²) >= 11 is 0. The molecule has 0 aliphatic carbocycles. The Morgan fingerprint density at radius 1 is 0.964 bits per heavy atom. The maximum atomic E-state index is 12.2. The van der Waals surface area contributed by atoms with E-state index in [1.54, 1.807) is 55.5 Å². The fourth-order valence-corrected chi connectivity index (χ4v) is 3.12. The van der Waals surface area contributed by atoms with E-state index in [4.69, 9.17) is 4.74 Å². The van der Waals surface area contributed by atoms with Crippen molar-refractivity contribution in [3.63, 3.8) is 0 Å². The van der Waals surface area contributed by atoms with E-state index in [-0.39, 0.29) is 29.8 Å². The fraction of sp³-hybridized carbons (Fsp3) is 0.263. The smallest absolute Gasteiger partial charge is 0.238 e. The van der Waals surface area contributed by atoms with Crippen molar-refractivity contribution in [3.05, 3.63) is 48.5 Å². The molecule has 0 heterocycles. The highest BCUT2D eigenvalue weighted by atomic mass is 32.2. The molecule has 0 aliphatic heterocycles. The molecule has 2 aromatic rings. The van der Waals surface area contributed by atoms with Crippen LogP contribution in [0.15, 0.2) is 53.4 Å². The van der Waals surface area contributed by atoms with Crippen LogP contribution in [-0.4, -0.2) is 58.6 Å². The molecular weight excluding hydrogens is 382 g/mol. The molecule has 0 atom stereocenters. The van der Waals surface area contributed by atoms with E-state index >= 15 is 0 Å². The number of carbonyl (C=O) groups is 2. The SMILES string of the molecule is COc1cccc(NC(=O)CN(C)CC(=O)Nc2cccc(S(C)(=O)=O)c2)c1. The van der Waals surface area contributed by atoms with Crippen LogP contribution in [0.2, 0.25) is 0 Å². The first-order valence-corrected chi connectivity index (χ1v) is 10.3. The molecule has 0 unspecified atom stereocenters. The molecule has 0 saturated heterocycles. The molecule has 9 heteroatoms. The molecule has 8 nitrogen and oxygen atoms in total. The van der Waals surface area contributed by atoms with Crippen LogP contribution in [0, 0.1) is 0 Å². The summed E-state index contributed by atoms with van der Waals surface area (Å²) in [5, 5.41) is 5.37. The minimum atomic E-state index is -3.36. The molecule has 0 aliphatic rings. The summed E-state index contributed by atoms with van der Waals surface area (Å²) in [6.07, 6.45) is 1.10. The lowest BCUT2D eigenvalue weighted by Gasteiger charge is -2.16. The van der Waals surface area contributed by atoms with Crippen molar-refractivity contribution in [2.75, 3.05) is 44.1 Å². The van der Waals surface area contributed by atoms with Crippen molar-refractivity contribution in [3.8, 4) is 5.75 Å². The number of carbonyl (C=O) groups excluding carboxylic acids is 2. The first-order valence-electron chi connectivity index (χ1n) is 8.40. The normalized spacial score (nSPS) is 11.1. The predicted molar refractivity (Wildman–Crippen MR) is 107 cm³/mol. The van der Waals surface area contributed by atoms with Crippen molar-refractivity contribution >= 4 is 33.0 Å². The number of anilines is 2. The summed E-state index contributed by atoms with van der Waals surface area (Å²) in [6.45, 7) is -0.0252. The number of methoxy groups -OCH3 is 1. The molecule has 0 fully saturated rings. The molecule has 2 aromatic carbocycles. The number of rotatable bonds is 8. The Kier molecular flexibility index (Phi) is 7.13. The van der Waals surface area contributed by atoms with Gasteiger partial charge in [-0.1, -0.05) is 12.1 Å². The number of ether oxygens (including phenoxy) is 1. The van der Waals surface area contributed by atoms with Crippen LogP contribution in [0.5, 0.6) is 5.75 Å². The Hall–Kier alpha value is -2.91. The minimum absolute atomic E-state index is 0.00795. The van der Waals surface area contributed by atoms with Crippen LogP contribution < -0.4 is 15.4 Å². The van der Waals surface area contributed by atoms with Gasteiger partial charge < -0.3 is 15.4 Å². The maximum Gasteiger partial charge on any atom is 0.238 e. The lowest BCUT2D eigenvalue weighted by molar-refractivity contribution is -0.119. The second-order valence-electron chi connectivity index (χ2n) is 6.30. The zero-order valence-corrected chi connectivity index (χ0v) is 16.7. The van der Waals surface area contributed by atoms with E-state index in [0.717, 1.165) is 6.26 Å². The Morgan fingerprint density at radius 3 is 2.04 bits per heavy atom. The van der Waals surface area contributed by atoms with Crippen LogP contribution in [0.25, 0.3) is 0 Å². The number of amides is 2. The van der Waals surface area contributed by atoms with Crippen LogP contribution in [0.3, 0.4) is 0 Å². The minimum Gasteiger partial charge on any atom is -0.497 e. The summed E-state index contributed by atoms with van der Waals surface area (Å²) in [6, 6.07) is 13.0. The van der Waals surface area contributed by atoms with Gasteiger partial charge in [0.1, 0.15) is 5.75 Å². The Labute approximate surface area is 164 Å². The van der Waals surface area contributed by atoms with E-state index in [1.807, 2.05) is 0 Å². The lowest BCUT2D eigenvalue weighted by atomic mass is 10.3. The Balaban J connectivity index is 1.87. The lowest BCUT2D eigenvalue weighted by Crippen LogP contribution is -2.36. The molecule has 150 valence electrons. The standard InChI is InChI=1S/C19H23N3O5S/c1-22(12-18(23)20-14-6-4-8-16(10-14)27-2)13-19(24)21-15-7-5-9-17(11-15)28(3,25)26/h4-11H,12-13H2,1-3H3,(H,20,23)(H,21,24). The highest BCUT2D eigenvalue weighted by molar-refractivity contribution is 7.90. The molecule has 0 bridgehead atoms. The summed E-state index contributed by atoms with van der Waals surface area (Å²) in [5.41, 5.74) is 0.974. The zero-order valence-electron chi connectivity index (χ0n) is 15.9. The third-order valence-corrected chi connectivity index (χ3v) is 4.84. The summed E-state index contributed by atoms with van der Waals surface area (Å²) in [5.74, 6) is -0.00758. The molecule has 0 radical (unpaired) electrons. The van der Waals surface area contributed by atoms with Gasteiger partial charge in [-0.05, 0) is 37.4 Å². The van der Waals surface area contributed by atoms with Gasteiger partial charge in [0.25, 0.3) is 0 Å². The largest absolute Gasteiger partial charge is 0.497 e. The zero-order chi connectivity index (χ0) is 20.7. The van der Waals surface area contributed by atoms with Gasteiger partial charge in [-0.2, -0.15) is 0 Å². The fourth-order valence-electron chi connectivity index (χ4n) is 2.45. The summed E-state index contributed by atoms with van der Waals surface area (Å²) < 4.78 is 28.3. The number of sulfone groups is 1. The molecule has 2 N–H and O–H groups in total. The van der Waals surface area contributed by atoms with E-state index in [1.165, 1.54) is 12.1 Å². The summed E-state index contributed by atoms with van der Waals surface area (Å²) in [4.78, 5) is 26.0. The first-order chi connectivity index (χ1) is 13.2. The van der Waals surface area contributed by atoms with E-state index in [2.05, 4.69) is 10.6 Å². The van der Waals surface area contributed by atoms with Gasteiger partial charge in [0.15, 0.2) is 9.84 Å². The van der Waals surface area contributed by atoms with Crippen molar-refractivity contribution in [1.29, 1.82) is 0 Å². The number of nitrogens with one attached hydrogen (secondary N) is 2. The van der Waals surface area contributed by atoms with Crippen molar-refractivity contribution in [2.24, 2.45) is 0 Å². The number of hydrogen-bond acceptors (Lipinski definition) is 6. The average molecular weight is 405 g/mol. The molecule has 0 spiro atoms. The second kappa shape index (κ2) is 9.34. The van der Waals surface area contributed by atoms with Crippen LogP contribution in [-0.2, 0) is 19.4 Å². The molecular formula is C19H23N3O5S. The van der Waals surface area contributed by atoms with Crippen molar-refractivity contribution < 1.29 is 22.7 Å². The van der Waals surface area contributed by atoms with E-state index in [9.17, 15) is 18.0 Å². The first kappa shape index (κ1) is 21.4. The number of benzene rings is 2. The molecule has 0 aromatic heterocycles. The van der Waals surface area contributed by atoms with Crippen molar-refractivity contribution in [2.45, 2.75) is 4.90 Å². The van der Waals surface area contributed by atoms with Gasteiger partial charge in [0.2, 0.25) is 11.8 Å². The molecule has 2 amide bonds. The van der Waals surface area contributed by atoms with Gasteiger partial charge in [0, 0.05) is 23.7 Å². The highest BCUT2D eigenvalue weighted by Crippen LogP contribution is 2.17. The molecule has 28 heavy (non-hydrogen) atoms. The number of nitrogens with zero attached hydrogens (tertiary/aromatic N) is 1. The Morgan fingerprint density at radius 2 is 1.50 bits per heavy atom.